The van der Waals surface area contributed by atoms with Gasteiger partial charge < -0.3 is 10.0 Å². The number of hydrogen-bond acceptors (Lipinski definition) is 2. The van der Waals surface area contributed by atoms with E-state index in [0.29, 0.717) is 5.02 Å². The Bertz CT molecular complexity index is 254. The minimum atomic E-state index is 0.206. The van der Waals surface area contributed by atoms with E-state index in [1.54, 1.807) is 18.2 Å². The highest BCUT2D eigenvalue weighted by molar-refractivity contribution is 6.30. The number of hydrogen-bond donors (Lipinski definition) is 1. The summed E-state index contributed by atoms with van der Waals surface area (Å²) in [5.74, 6) is 0.206. The lowest BCUT2D eigenvalue weighted by Gasteiger charge is -2.01. The zero-order chi connectivity index (χ0) is 10.4. The van der Waals surface area contributed by atoms with E-state index < -0.39 is 0 Å². The number of nitrogens with zero attached hydrogens (tertiary/aromatic N) is 1. The van der Waals surface area contributed by atoms with Crippen molar-refractivity contribution in [3.63, 3.8) is 0 Å². The van der Waals surface area contributed by atoms with E-state index in [4.69, 9.17) is 16.7 Å². The van der Waals surface area contributed by atoms with Crippen LogP contribution in [0, 0.1) is 0 Å². The van der Waals surface area contributed by atoms with E-state index in [9.17, 15) is 0 Å². The number of likely N-dealkylation sites (tertiary alicyclic amines) is 1. The van der Waals surface area contributed by atoms with Gasteiger partial charge >= 0.3 is 0 Å². The monoisotopic (exact) mass is 213 g/mol. The minimum Gasteiger partial charge on any atom is -0.508 e. The van der Waals surface area contributed by atoms with E-state index in [0.717, 1.165) is 0 Å². The van der Waals surface area contributed by atoms with E-state index in [-0.39, 0.29) is 5.75 Å². The fourth-order valence-corrected chi connectivity index (χ4v) is 1.54. The summed E-state index contributed by atoms with van der Waals surface area (Å²) in [5.41, 5.74) is 0. The molecule has 78 valence electrons. The molecule has 1 aliphatic heterocycles. The van der Waals surface area contributed by atoms with Gasteiger partial charge in [-0.15, -0.1) is 0 Å². The van der Waals surface area contributed by atoms with Gasteiger partial charge in [0.2, 0.25) is 0 Å². The second-order valence-corrected chi connectivity index (χ2v) is 3.93. The Hall–Kier alpha value is -0.730. The number of phenols is 1. The molecule has 1 N–H and O–H groups in total. The third kappa shape index (κ3) is 4.49. The van der Waals surface area contributed by atoms with Gasteiger partial charge in [-0.1, -0.05) is 17.7 Å². The lowest BCUT2D eigenvalue weighted by atomic mass is 10.3. The van der Waals surface area contributed by atoms with E-state index in [1.165, 1.54) is 32.0 Å². The maximum Gasteiger partial charge on any atom is 0.117 e. The number of phenolic OH excluding ortho intramolecular Hbond substituents is 1. The number of aromatic hydroxyl groups is 1. The van der Waals surface area contributed by atoms with Crippen LogP contribution in [0.25, 0.3) is 0 Å². The van der Waals surface area contributed by atoms with Crippen LogP contribution in [0.3, 0.4) is 0 Å². The molecule has 1 heterocycles. The molecule has 1 saturated heterocycles. The second kappa shape index (κ2) is 5.89. The fourth-order valence-electron chi connectivity index (χ4n) is 1.35. The number of benzene rings is 1. The van der Waals surface area contributed by atoms with Gasteiger partial charge in [0.25, 0.3) is 0 Å². The molecule has 0 radical (unpaired) electrons. The third-order valence-corrected chi connectivity index (χ3v) is 2.37. The van der Waals surface area contributed by atoms with Crippen molar-refractivity contribution in [1.29, 1.82) is 0 Å². The van der Waals surface area contributed by atoms with Crippen molar-refractivity contribution in [3.05, 3.63) is 29.3 Å². The highest BCUT2D eigenvalue weighted by atomic mass is 35.5. The Kier molecular flexibility index (Phi) is 4.77. The van der Waals surface area contributed by atoms with E-state index >= 15 is 0 Å². The molecule has 3 heteroatoms. The largest absolute Gasteiger partial charge is 0.508 e. The predicted octanol–water partition coefficient (Wildman–Crippen LogP) is 2.76. The van der Waals surface area contributed by atoms with Crippen LogP contribution in [0.4, 0.5) is 0 Å². The van der Waals surface area contributed by atoms with Gasteiger partial charge in [0.05, 0.1) is 0 Å². The Morgan fingerprint density at radius 1 is 1.29 bits per heavy atom. The van der Waals surface area contributed by atoms with Gasteiger partial charge in [-0.25, -0.2) is 0 Å². The molecular weight excluding hydrogens is 198 g/mol. The standard InChI is InChI=1S/C6H5ClO.C5H11N/c7-5-2-1-3-6(8)4-5;1-6-4-2-3-5-6/h1-4,8H;2-5H2,1H3. The first-order valence-corrected chi connectivity index (χ1v) is 5.19. The lowest BCUT2D eigenvalue weighted by Crippen LogP contribution is -2.10. The molecule has 0 aromatic heterocycles. The van der Waals surface area contributed by atoms with Gasteiger partial charge in [-0.2, -0.15) is 0 Å². The summed E-state index contributed by atoms with van der Waals surface area (Å²) in [7, 11) is 2.17. The van der Waals surface area contributed by atoms with Crippen LogP contribution in [0.1, 0.15) is 12.8 Å². The lowest BCUT2D eigenvalue weighted by molar-refractivity contribution is 0.418. The molecule has 2 nitrogen and oxygen atoms in total. The normalized spacial score (nSPS) is 16.1. The topological polar surface area (TPSA) is 23.5 Å². The van der Waals surface area contributed by atoms with Gasteiger partial charge in [-0.3, -0.25) is 0 Å². The average molecular weight is 214 g/mol. The molecule has 0 spiro atoms. The smallest absolute Gasteiger partial charge is 0.117 e. The highest BCUT2D eigenvalue weighted by Gasteiger charge is 2.03. The Morgan fingerprint density at radius 3 is 2.21 bits per heavy atom. The third-order valence-electron chi connectivity index (χ3n) is 2.14. The van der Waals surface area contributed by atoms with Crippen LogP contribution < -0.4 is 0 Å². The van der Waals surface area contributed by atoms with Crippen LogP contribution in [-0.4, -0.2) is 30.1 Å². The fraction of sp³-hybridized carbons (Fsp3) is 0.455. The van der Waals surface area contributed by atoms with Crippen LogP contribution in [-0.2, 0) is 0 Å². The molecule has 1 aromatic rings. The Balaban J connectivity index is 0.000000146. The molecule has 0 amide bonds. The molecule has 0 saturated carbocycles. The first kappa shape index (κ1) is 11.3. The maximum absolute atomic E-state index is 8.73. The molecule has 0 atom stereocenters. The van der Waals surface area contributed by atoms with Crippen molar-refractivity contribution in [2.45, 2.75) is 12.8 Å². The molecule has 14 heavy (non-hydrogen) atoms. The molecule has 1 fully saturated rings. The SMILES string of the molecule is CN1CCCC1.Oc1cccc(Cl)c1. The minimum absolute atomic E-state index is 0.206. The zero-order valence-corrected chi connectivity index (χ0v) is 9.17. The van der Waals surface area contributed by atoms with Crippen molar-refractivity contribution >= 4 is 11.6 Å². The quantitative estimate of drug-likeness (QED) is 0.717. The zero-order valence-electron chi connectivity index (χ0n) is 8.41. The van der Waals surface area contributed by atoms with Gasteiger partial charge in [-0.05, 0) is 51.2 Å². The van der Waals surface area contributed by atoms with Crippen molar-refractivity contribution in [3.8, 4) is 5.75 Å². The number of rotatable bonds is 0. The number of halogens is 1. The second-order valence-electron chi connectivity index (χ2n) is 3.49. The highest BCUT2D eigenvalue weighted by Crippen LogP contribution is 2.14. The average Bonchev–Trinajstić information content (AvgIpc) is 2.56. The molecule has 2 rings (SSSR count). The first-order chi connectivity index (χ1) is 6.68. The van der Waals surface area contributed by atoms with Crippen molar-refractivity contribution in [1.82, 2.24) is 4.90 Å². The molecule has 0 bridgehead atoms. The molecular formula is C11H16ClNO. The maximum atomic E-state index is 8.73. The first-order valence-electron chi connectivity index (χ1n) is 4.81. The van der Waals surface area contributed by atoms with Gasteiger partial charge in [0.1, 0.15) is 5.75 Å². The molecule has 1 aliphatic rings. The van der Waals surface area contributed by atoms with Crippen LogP contribution >= 0.6 is 11.6 Å². The summed E-state index contributed by atoms with van der Waals surface area (Å²) in [6.45, 7) is 2.64. The Morgan fingerprint density at radius 2 is 1.93 bits per heavy atom. The van der Waals surface area contributed by atoms with Crippen molar-refractivity contribution in [2.24, 2.45) is 0 Å². The van der Waals surface area contributed by atoms with Crippen molar-refractivity contribution in [2.75, 3.05) is 20.1 Å². The van der Waals surface area contributed by atoms with Crippen LogP contribution in [0.5, 0.6) is 5.75 Å². The summed E-state index contributed by atoms with van der Waals surface area (Å²) in [6.07, 6.45) is 2.83. The summed E-state index contributed by atoms with van der Waals surface area (Å²) < 4.78 is 0. The van der Waals surface area contributed by atoms with Crippen LogP contribution in [0.15, 0.2) is 24.3 Å². The summed E-state index contributed by atoms with van der Waals surface area (Å²) >= 11 is 5.48. The molecule has 0 unspecified atom stereocenters. The summed E-state index contributed by atoms with van der Waals surface area (Å²) in [4.78, 5) is 2.36. The summed E-state index contributed by atoms with van der Waals surface area (Å²) in [6, 6.07) is 6.46. The predicted molar refractivity (Wildman–Crippen MR) is 59.8 cm³/mol. The van der Waals surface area contributed by atoms with E-state index in [2.05, 4.69) is 11.9 Å². The molecule has 1 aromatic carbocycles. The van der Waals surface area contributed by atoms with Crippen molar-refractivity contribution < 1.29 is 5.11 Å². The van der Waals surface area contributed by atoms with E-state index in [1.807, 2.05) is 0 Å². The summed E-state index contributed by atoms with van der Waals surface area (Å²) in [5, 5.41) is 9.29. The van der Waals surface area contributed by atoms with Crippen LogP contribution in [0.2, 0.25) is 5.02 Å². The van der Waals surface area contributed by atoms with Gasteiger partial charge in [0.15, 0.2) is 0 Å². The molecule has 0 aliphatic carbocycles. The van der Waals surface area contributed by atoms with Gasteiger partial charge in [0, 0.05) is 5.02 Å². The Labute approximate surface area is 90.1 Å².